The lowest BCUT2D eigenvalue weighted by molar-refractivity contribution is -0.149. The number of methoxy groups -OCH3 is 1. The van der Waals surface area contributed by atoms with Crippen LogP contribution in [0.15, 0.2) is 21.9 Å². The van der Waals surface area contributed by atoms with Gasteiger partial charge in [0.25, 0.3) is 5.56 Å². The van der Waals surface area contributed by atoms with Crippen molar-refractivity contribution in [3.8, 4) is 0 Å². The molecule has 0 aliphatic carbocycles. The third-order valence-corrected chi connectivity index (χ3v) is 9.21. The van der Waals surface area contributed by atoms with E-state index in [4.69, 9.17) is 25.6 Å². The highest BCUT2D eigenvalue weighted by Gasteiger charge is 2.54. The van der Waals surface area contributed by atoms with Crippen molar-refractivity contribution in [2.45, 2.75) is 63.2 Å². The summed E-state index contributed by atoms with van der Waals surface area (Å²) in [7, 11) is 1.16. The average Bonchev–Trinajstić information content (AvgIpc) is 2.99. The average molecular weight is 558 g/mol. The lowest BCUT2D eigenvalue weighted by Gasteiger charge is -2.26. The van der Waals surface area contributed by atoms with Gasteiger partial charge in [0.2, 0.25) is 0 Å². The van der Waals surface area contributed by atoms with E-state index in [9.17, 15) is 28.8 Å². The third-order valence-electron chi connectivity index (χ3n) is 4.87. The Morgan fingerprint density at radius 2 is 2.06 bits per heavy atom. The Labute approximate surface area is 210 Å². The minimum absolute atomic E-state index is 0.358. The molecule has 2 rings (SSSR count). The molecule has 0 amide bonds. The maximum Gasteiger partial charge on any atom is 0.330 e. The monoisotopic (exact) mass is 557 g/mol. The van der Waals surface area contributed by atoms with E-state index in [0.29, 0.717) is 11.4 Å². The van der Waals surface area contributed by atoms with Gasteiger partial charge in [-0.2, -0.15) is 0 Å². The fraction of sp³-hybridized carbons (Fsp3) is 0.684. The van der Waals surface area contributed by atoms with Crippen molar-refractivity contribution in [3.05, 3.63) is 33.1 Å². The van der Waals surface area contributed by atoms with E-state index in [0.717, 1.165) is 17.7 Å². The Balaban J connectivity index is 2.19. The molecule has 1 aliphatic rings. The predicted octanol–water partition coefficient (Wildman–Crippen LogP) is 0.753. The Kier molecular flexibility index (Phi) is 10.2. The Bertz CT molecular complexity index is 1080. The SMILES string of the molecule is COC(=O)CS[P@](=O)(N[C@H](C)C(=O)OC(C)C)OC[C@H]1O[C@@H](n2ccc(=O)[nH]c2=O)[C@](C)(Cl)[C@@H]1O. The number of aliphatic hydroxyl groups excluding tert-OH is 1. The Morgan fingerprint density at radius 3 is 2.63 bits per heavy atom. The van der Waals surface area contributed by atoms with Gasteiger partial charge in [0.15, 0.2) is 6.23 Å². The van der Waals surface area contributed by atoms with Gasteiger partial charge in [-0.05, 0) is 39.1 Å². The van der Waals surface area contributed by atoms with Crippen molar-refractivity contribution in [1.82, 2.24) is 14.6 Å². The molecule has 3 N–H and O–H groups in total. The number of esters is 2. The topological polar surface area (TPSA) is 175 Å². The molecular formula is C19H29ClN3O10PS. The zero-order valence-electron chi connectivity index (χ0n) is 19.8. The first-order chi connectivity index (χ1) is 16.2. The largest absolute Gasteiger partial charge is 0.468 e. The number of carbonyl (C=O) groups excluding carboxylic acids is 2. The molecule has 13 nitrogen and oxygen atoms in total. The predicted molar refractivity (Wildman–Crippen MR) is 127 cm³/mol. The van der Waals surface area contributed by atoms with Gasteiger partial charge in [-0.1, -0.05) is 0 Å². The summed E-state index contributed by atoms with van der Waals surface area (Å²) in [6.07, 6.45) is -2.99. The molecular weight excluding hydrogens is 529 g/mol. The minimum atomic E-state index is -3.95. The van der Waals surface area contributed by atoms with Gasteiger partial charge in [0, 0.05) is 12.3 Å². The van der Waals surface area contributed by atoms with Crippen LogP contribution < -0.4 is 16.3 Å². The number of hydrogen-bond acceptors (Lipinski definition) is 11. The zero-order valence-corrected chi connectivity index (χ0v) is 22.2. The van der Waals surface area contributed by atoms with E-state index in [1.54, 1.807) is 13.8 Å². The van der Waals surface area contributed by atoms with E-state index in [1.165, 1.54) is 20.0 Å². The maximum absolute atomic E-state index is 13.5. The molecule has 2 heterocycles. The first-order valence-corrected chi connectivity index (χ1v) is 14.1. The zero-order chi connectivity index (χ0) is 26.6. The molecule has 0 aromatic carbocycles. The van der Waals surface area contributed by atoms with Crippen molar-refractivity contribution >= 4 is 41.6 Å². The molecule has 1 fully saturated rings. The second-order valence-corrected chi connectivity index (χ2v) is 13.2. The molecule has 1 aromatic rings. The van der Waals surface area contributed by atoms with E-state index in [-0.39, 0.29) is 5.75 Å². The second-order valence-electron chi connectivity index (χ2n) is 8.12. The molecule has 6 atom stereocenters. The summed E-state index contributed by atoms with van der Waals surface area (Å²) >= 11 is 7.06. The highest BCUT2D eigenvalue weighted by Crippen LogP contribution is 2.57. The lowest BCUT2D eigenvalue weighted by atomic mass is 10.0. The van der Waals surface area contributed by atoms with Crippen molar-refractivity contribution in [2.24, 2.45) is 0 Å². The summed E-state index contributed by atoms with van der Waals surface area (Å²) in [6, 6.07) is 0.0289. The number of carbonyl (C=O) groups is 2. The number of aromatic amines is 1. The fourth-order valence-corrected chi connectivity index (χ4v) is 6.83. The Morgan fingerprint density at radius 1 is 1.40 bits per heavy atom. The number of ether oxygens (including phenoxy) is 3. The van der Waals surface area contributed by atoms with E-state index in [1.807, 2.05) is 0 Å². The number of aromatic nitrogens is 2. The highest BCUT2D eigenvalue weighted by molar-refractivity contribution is 8.56. The van der Waals surface area contributed by atoms with Gasteiger partial charge in [-0.15, -0.1) is 11.6 Å². The van der Waals surface area contributed by atoms with Crippen LogP contribution in [0.2, 0.25) is 0 Å². The van der Waals surface area contributed by atoms with Gasteiger partial charge in [-0.25, -0.2) is 9.88 Å². The van der Waals surface area contributed by atoms with Crippen molar-refractivity contribution in [1.29, 1.82) is 0 Å². The van der Waals surface area contributed by atoms with Crippen molar-refractivity contribution in [3.63, 3.8) is 0 Å². The number of nitrogens with one attached hydrogen (secondary N) is 2. The van der Waals surface area contributed by atoms with Gasteiger partial charge in [-0.3, -0.25) is 28.5 Å². The lowest BCUT2D eigenvalue weighted by Crippen LogP contribution is -2.43. The van der Waals surface area contributed by atoms with E-state index >= 15 is 0 Å². The van der Waals surface area contributed by atoms with Crippen LogP contribution in [-0.4, -0.2) is 75.3 Å². The smallest absolute Gasteiger partial charge is 0.330 e. The first kappa shape index (κ1) is 29.6. The van der Waals surface area contributed by atoms with Crippen LogP contribution in [0.5, 0.6) is 0 Å². The molecule has 0 saturated carbocycles. The number of hydrogen-bond donors (Lipinski definition) is 3. The summed E-state index contributed by atoms with van der Waals surface area (Å²) in [5.74, 6) is -1.73. The summed E-state index contributed by atoms with van der Waals surface area (Å²) in [5, 5.41) is 13.3. The van der Waals surface area contributed by atoms with Crippen LogP contribution >= 0.6 is 29.7 Å². The van der Waals surface area contributed by atoms with Gasteiger partial charge >= 0.3 is 24.3 Å². The van der Waals surface area contributed by atoms with E-state index < -0.39 is 72.0 Å². The second kappa shape index (κ2) is 12.0. The number of rotatable bonds is 11. The molecule has 35 heavy (non-hydrogen) atoms. The number of aliphatic hydroxyl groups is 1. The Hall–Kier alpha value is -1.67. The summed E-state index contributed by atoms with van der Waals surface area (Å²) < 4.78 is 35.4. The summed E-state index contributed by atoms with van der Waals surface area (Å²) in [5.41, 5.74) is -1.43. The maximum atomic E-state index is 13.5. The van der Waals surface area contributed by atoms with Crippen LogP contribution in [0.1, 0.15) is 33.9 Å². The van der Waals surface area contributed by atoms with Gasteiger partial charge in [0.05, 0.1) is 19.8 Å². The van der Waals surface area contributed by atoms with Crippen LogP contribution in [-0.2, 0) is 32.9 Å². The van der Waals surface area contributed by atoms with Crippen LogP contribution in [0.25, 0.3) is 0 Å². The highest BCUT2D eigenvalue weighted by atomic mass is 35.5. The normalized spacial score (nSPS) is 26.8. The number of halogens is 1. The van der Waals surface area contributed by atoms with Gasteiger partial charge < -0.3 is 23.8 Å². The quantitative estimate of drug-likeness (QED) is 0.198. The molecule has 1 aromatic heterocycles. The number of nitrogens with zero attached hydrogens (tertiary/aromatic N) is 1. The summed E-state index contributed by atoms with van der Waals surface area (Å²) in [4.78, 5) is 47.9. The number of H-pyrrole nitrogens is 1. The molecule has 16 heteroatoms. The summed E-state index contributed by atoms with van der Waals surface area (Å²) in [6.45, 7) is 1.70. The minimum Gasteiger partial charge on any atom is -0.468 e. The number of alkyl halides is 1. The third kappa shape index (κ3) is 7.66. The molecule has 198 valence electrons. The van der Waals surface area contributed by atoms with Crippen LogP contribution in [0, 0.1) is 0 Å². The fourth-order valence-electron chi connectivity index (χ4n) is 3.07. The molecule has 1 aliphatic heterocycles. The standard InChI is InChI=1S/C19H29ClN3O10PS/c1-10(2)32-16(27)11(3)22-34(29,35-9-14(25)30-5)31-8-12-15(26)19(4,20)17(33-12)23-7-6-13(24)21-18(23)28/h6-7,10-12,15,17,26H,8-9H2,1-5H3,(H,22,29)(H,21,24,28)/t11-,12-,15-,17-,19-,34+/m1/s1. The first-order valence-electron chi connectivity index (χ1n) is 10.5. The molecule has 0 spiro atoms. The van der Waals surface area contributed by atoms with Crippen molar-refractivity contribution in [2.75, 3.05) is 19.5 Å². The van der Waals surface area contributed by atoms with Gasteiger partial charge in [0.1, 0.15) is 28.9 Å². The molecule has 0 bridgehead atoms. The van der Waals surface area contributed by atoms with Crippen LogP contribution in [0.3, 0.4) is 0 Å². The molecule has 0 radical (unpaired) electrons. The molecule has 0 unspecified atom stereocenters. The molecule has 1 saturated heterocycles. The van der Waals surface area contributed by atoms with Crippen molar-refractivity contribution < 1.29 is 38.0 Å². The van der Waals surface area contributed by atoms with Crippen LogP contribution in [0.4, 0.5) is 0 Å². The van der Waals surface area contributed by atoms with E-state index in [2.05, 4.69) is 14.8 Å².